The molecule has 2 aromatic carbocycles. The van der Waals surface area contributed by atoms with Gasteiger partial charge in [-0.05, 0) is 60.3 Å². The van der Waals surface area contributed by atoms with E-state index >= 15 is 0 Å². The van der Waals surface area contributed by atoms with Gasteiger partial charge in [-0.1, -0.05) is 18.2 Å². The summed E-state index contributed by atoms with van der Waals surface area (Å²) in [6, 6.07) is 13.9. The Labute approximate surface area is 147 Å². The van der Waals surface area contributed by atoms with E-state index in [1.165, 1.54) is 16.7 Å². The lowest BCUT2D eigenvalue weighted by Crippen LogP contribution is -2.24. The molecule has 5 heteroatoms. The number of amides is 2. The molecule has 0 bridgehead atoms. The molecule has 25 heavy (non-hydrogen) atoms. The number of benzene rings is 2. The fourth-order valence-electron chi connectivity index (χ4n) is 3.49. The molecule has 1 atom stereocenters. The summed E-state index contributed by atoms with van der Waals surface area (Å²) in [5.41, 5.74) is 5.49. The summed E-state index contributed by atoms with van der Waals surface area (Å²) in [6.07, 6.45) is 2.11. The minimum Gasteiger partial charge on any atom is -0.381 e. The molecule has 0 saturated carbocycles. The van der Waals surface area contributed by atoms with Gasteiger partial charge in [-0.25, -0.2) is 4.79 Å². The van der Waals surface area contributed by atoms with Gasteiger partial charge in [0, 0.05) is 30.4 Å². The van der Waals surface area contributed by atoms with Crippen LogP contribution in [0.15, 0.2) is 42.5 Å². The molecule has 2 aliphatic heterocycles. The van der Waals surface area contributed by atoms with Gasteiger partial charge >= 0.3 is 6.03 Å². The third-order valence-electron chi connectivity index (χ3n) is 4.92. The van der Waals surface area contributed by atoms with Crippen LogP contribution in [0.2, 0.25) is 0 Å². The summed E-state index contributed by atoms with van der Waals surface area (Å²) in [6.45, 7) is 3.51. The number of carbonyl (C=O) groups excluding carboxylic acids is 1. The average molecular weight is 337 g/mol. The average Bonchev–Trinajstić information content (AvgIpc) is 3.17. The summed E-state index contributed by atoms with van der Waals surface area (Å²) in [5.74, 6) is 0.479. The maximum atomic E-state index is 12.2. The number of rotatable bonds is 3. The monoisotopic (exact) mass is 337 g/mol. The third-order valence-corrected chi connectivity index (χ3v) is 4.92. The highest BCUT2D eigenvalue weighted by Gasteiger charge is 2.17. The quantitative estimate of drug-likeness (QED) is 0.803. The topological polar surface area (TPSA) is 62.4 Å². The summed E-state index contributed by atoms with van der Waals surface area (Å²) in [5, 5.41) is 9.16. The summed E-state index contributed by atoms with van der Waals surface area (Å²) in [4.78, 5) is 12.2. The normalized spacial score (nSPS) is 19.3. The number of hydrogen-bond acceptors (Lipinski definition) is 3. The second-order valence-electron chi connectivity index (χ2n) is 6.67. The van der Waals surface area contributed by atoms with E-state index in [-0.39, 0.29) is 6.03 Å². The van der Waals surface area contributed by atoms with Crippen LogP contribution in [0.4, 0.5) is 16.2 Å². The summed E-state index contributed by atoms with van der Waals surface area (Å²) in [7, 11) is 0. The van der Waals surface area contributed by atoms with Crippen molar-refractivity contribution in [2.75, 3.05) is 30.4 Å². The molecule has 0 spiro atoms. The first-order valence-corrected chi connectivity index (χ1v) is 8.86. The van der Waals surface area contributed by atoms with E-state index in [4.69, 9.17) is 4.74 Å². The van der Waals surface area contributed by atoms with Crippen LogP contribution in [0.5, 0.6) is 0 Å². The Balaban J connectivity index is 1.37. The molecular weight excluding hydrogens is 314 g/mol. The minimum atomic E-state index is -0.222. The number of nitrogens with one attached hydrogen (secondary N) is 3. The van der Waals surface area contributed by atoms with Crippen LogP contribution < -0.4 is 16.0 Å². The molecule has 1 unspecified atom stereocenters. The maximum absolute atomic E-state index is 12.2. The van der Waals surface area contributed by atoms with E-state index in [1.807, 2.05) is 24.3 Å². The van der Waals surface area contributed by atoms with Crippen LogP contribution in [0.1, 0.15) is 29.0 Å². The Bertz CT molecular complexity index is 752. The first-order chi connectivity index (χ1) is 12.3. The van der Waals surface area contributed by atoms with E-state index in [9.17, 15) is 4.79 Å². The second-order valence-corrected chi connectivity index (χ2v) is 6.67. The van der Waals surface area contributed by atoms with Crippen molar-refractivity contribution in [1.82, 2.24) is 5.32 Å². The number of carbonyl (C=O) groups is 1. The molecule has 2 aromatic rings. The predicted octanol–water partition coefficient (Wildman–Crippen LogP) is 3.48. The van der Waals surface area contributed by atoms with Gasteiger partial charge in [0.1, 0.15) is 0 Å². The molecule has 2 amide bonds. The van der Waals surface area contributed by atoms with Crippen LogP contribution in [-0.4, -0.2) is 25.8 Å². The van der Waals surface area contributed by atoms with Crippen molar-refractivity contribution in [3.8, 4) is 0 Å². The van der Waals surface area contributed by atoms with E-state index in [1.54, 1.807) is 0 Å². The van der Waals surface area contributed by atoms with Crippen LogP contribution in [0, 0.1) is 0 Å². The lowest BCUT2D eigenvalue weighted by Gasteiger charge is -2.18. The van der Waals surface area contributed by atoms with Gasteiger partial charge < -0.3 is 20.7 Å². The largest absolute Gasteiger partial charge is 0.381 e. The highest BCUT2D eigenvalue weighted by atomic mass is 16.5. The van der Waals surface area contributed by atoms with Crippen molar-refractivity contribution in [1.29, 1.82) is 0 Å². The van der Waals surface area contributed by atoms with Gasteiger partial charge in [0.25, 0.3) is 0 Å². The fraction of sp³-hybridized carbons (Fsp3) is 0.350. The van der Waals surface area contributed by atoms with Crippen molar-refractivity contribution >= 4 is 17.4 Å². The van der Waals surface area contributed by atoms with Gasteiger partial charge in [0.2, 0.25) is 0 Å². The summed E-state index contributed by atoms with van der Waals surface area (Å²) >= 11 is 0. The Kier molecular flexibility index (Phi) is 4.68. The van der Waals surface area contributed by atoms with Gasteiger partial charge in [-0.3, -0.25) is 0 Å². The van der Waals surface area contributed by atoms with Gasteiger partial charge in [-0.15, -0.1) is 0 Å². The fourth-order valence-corrected chi connectivity index (χ4v) is 3.49. The van der Waals surface area contributed by atoms with Gasteiger partial charge in [0.05, 0.1) is 6.61 Å². The Morgan fingerprint density at radius 3 is 2.64 bits per heavy atom. The molecule has 1 saturated heterocycles. The molecular formula is C20H23N3O2. The van der Waals surface area contributed by atoms with Crippen molar-refractivity contribution in [3.63, 3.8) is 0 Å². The Morgan fingerprint density at radius 2 is 1.84 bits per heavy atom. The number of ether oxygens (including phenoxy) is 1. The number of anilines is 2. The Morgan fingerprint density at radius 1 is 1.04 bits per heavy atom. The number of urea groups is 1. The first kappa shape index (κ1) is 16.1. The van der Waals surface area contributed by atoms with Crippen molar-refractivity contribution in [2.24, 2.45) is 0 Å². The van der Waals surface area contributed by atoms with E-state index < -0.39 is 0 Å². The smallest absolute Gasteiger partial charge is 0.323 e. The highest BCUT2D eigenvalue weighted by molar-refractivity contribution is 5.99. The van der Waals surface area contributed by atoms with Crippen LogP contribution in [0.3, 0.4) is 0 Å². The van der Waals surface area contributed by atoms with E-state index in [2.05, 4.69) is 34.1 Å². The summed E-state index contributed by atoms with van der Waals surface area (Å²) < 4.78 is 5.43. The van der Waals surface area contributed by atoms with Gasteiger partial charge in [-0.2, -0.15) is 0 Å². The zero-order valence-corrected chi connectivity index (χ0v) is 14.2. The molecule has 5 nitrogen and oxygen atoms in total. The van der Waals surface area contributed by atoms with E-state index in [0.29, 0.717) is 5.92 Å². The predicted molar refractivity (Wildman–Crippen MR) is 99.1 cm³/mol. The van der Waals surface area contributed by atoms with Crippen molar-refractivity contribution in [2.45, 2.75) is 25.3 Å². The zero-order chi connectivity index (χ0) is 17.1. The number of fused-ring (bicyclic) bond motifs is 1. The molecule has 2 heterocycles. The lowest BCUT2D eigenvalue weighted by atomic mass is 9.98. The SMILES string of the molecule is O=C(Nc1ccc(C2CCOC2)cc1)Nc1ccc2c(c1)CNCC2. The molecule has 130 valence electrons. The zero-order valence-electron chi connectivity index (χ0n) is 14.2. The molecule has 1 fully saturated rings. The molecule has 4 rings (SSSR count). The lowest BCUT2D eigenvalue weighted by molar-refractivity contribution is 0.194. The first-order valence-electron chi connectivity index (χ1n) is 8.86. The maximum Gasteiger partial charge on any atom is 0.323 e. The van der Waals surface area contributed by atoms with Crippen LogP contribution >= 0.6 is 0 Å². The van der Waals surface area contributed by atoms with Crippen molar-refractivity contribution < 1.29 is 9.53 Å². The molecule has 3 N–H and O–H groups in total. The van der Waals surface area contributed by atoms with Crippen molar-refractivity contribution in [3.05, 3.63) is 59.2 Å². The van der Waals surface area contributed by atoms with Crippen LogP contribution in [-0.2, 0) is 17.7 Å². The number of hydrogen-bond donors (Lipinski definition) is 3. The van der Waals surface area contributed by atoms with Gasteiger partial charge in [0.15, 0.2) is 0 Å². The molecule has 0 aromatic heterocycles. The second kappa shape index (κ2) is 7.25. The standard InChI is InChI=1S/C20H23N3O2/c24-20(23-19-6-3-15-7-9-21-12-17(15)11-19)22-18-4-1-14(2-5-18)16-8-10-25-13-16/h1-6,11,16,21H,7-10,12-13H2,(H2,22,23,24). The molecule has 2 aliphatic rings. The molecule has 0 aliphatic carbocycles. The molecule has 0 radical (unpaired) electrons. The minimum absolute atomic E-state index is 0.222. The van der Waals surface area contributed by atoms with Crippen LogP contribution in [0.25, 0.3) is 0 Å². The highest BCUT2D eigenvalue weighted by Crippen LogP contribution is 2.26. The Hall–Kier alpha value is -2.37. The van der Waals surface area contributed by atoms with E-state index in [0.717, 1.165) is 50.5 Å². The third kappa shape index (κ3) is 3.83.